The molecule has 37 heavy (non-hydrogen) atoms. The van der Waals surface area contributed by atoms with Gasteiger partial charge in [0.2, 0.25) is 17.7 Å². The van der Waals surface area contributed by atoms with E-state index in [9.17, 15) is 29.4 Å². The smallest absolute Gasteiger partial charge is 0.326 e. The normalized spacial score (nSPS) is 14.1. The van der Waals surface area contributed by atoms with Crippen LogP contribution in [0.25, 0.3) is 0 Å². The molecule has 0 aliphatic carbocycles. The molecule has 8 N–H and O–H groups in total. The monoisotopic (exact) mass is 552 g/mol. The SMILES string of the molecule is CSCCC(N)C(=O)NC(Cc1ccc(O)cc1)C(=O)NC(CS)C(=O)NC(Cc1cnc[nH]1)C(=O)O. The molecule has 1 heterocycles. The highest BCUT2D eigenvalue weighted by atomic mass is 32.2. The number of benzene rings is 1. The van der Waals surface area contributed by atoms with Crippen LogP contribution in [-0.4, -0.2) is 85.8 Å². The van der Waals surface area contributed by atoms with Gasteiger partial charge in [-0.15, -0.1) is 0 Å². The Hall–Kier alpha value is -3.23. The zero-order chi connectivity index (χ0) is 27.4. The number of hydrogen-bond acceptors (Lipinski definition) is 9. The third kappa shape index (κ3) is 9.98. The molecule has 14 heteroatoms. The molecule has 0 fully saturated rings. The van der Waals surface area contributed by atoms with Crippen LogP contribution in [0.2, 0.25) is 0 Å². The van der Waals surface area contributed by atoms with E-state index in [-0.39, 0.29) is 24.3 Å². The summed E-state index contributed by atoms with van der Waals surface area (Å²) in [6, 6.07) is 1.74. The van der Waals surface area contributed by atoms with Gasteiger partial charge in [-0.25, -0.2) is 9.78 Å². The summed E-state index contributed by atoms with van der Waals surface area (Å²) in [4.78, 5) is 56.9. The number of imidazole rings is 1. The van der Waals surface area contributed by atoms with Crippen molar-refractivity contribution in [1.29, 1.82) is 0 Å². The molecule has 202 valence electrons. The summed E-state index contributed by atoms with van der Waals surface area (Å²) in [6.45, 7) is 0. The number of nitrogens with zero attached hydrogens (tertiary/aromatic N) is 1. The number of aromatic nitrogens is 2. The minimum Gasteiger partial charge on any atom is -0.508 e. The molecule has 0 saturated carbocycles. The number of nitrogens with two attached hydrogens (primary N) is 1. The van der Waals surface area contributed by atoms with Crippen molar-refractivity contribution in [2.75, 3.05) is 17.8 Å². The van der Waals surface area contributed by atoms with E-state index in [1.54, 1.807) is 12.1 Å². The summed E-state index contributed by atoms with van der Waals surface area (Å²) in [6.07, 6.45) is 5.16. The van der Waals surface area contributed by atoms with E-state index in [1.165, 1.54) is 36.4 Å². The number of thioether (sulfide) groups is 1. The molecular weight excluding hydrogens is 520 g/mol. The van der Waals surface area contributed by atoms with Crippen molar-refractivity contribution >= 4 is 48.1 Å². The van der Waals surface area contributed by atoms with Crippen LogP contribution in [0.15, 0.2) is 36.8 Å². The van der Waals surface area contributed by atoms with Gasteiger partial charge >= 0.3 is 5.97 Å². The summed E-state index contributed by atoms with van der Waals surface area (Å²) in [5, 5.41) is 26.6. The number of hydrogen-bond donors (Lipinski definition) is 8. The van der Waals surface area contributed by atoms with Gasteiger partial charge < -0.3 is 36.9 Å². The van der Waals surface area contributed by atoms with Gasteiger partial charge in [-0.05, 0) is 36.1 Å². The molecule has 0 aliphatic heterocycles. The molecule has 4 unspecified atom stereocenters. The summed E-state index contributed by atoms with van der Waals surface area (Å²) in [5.74, 6) is -2.62. The van der Waals surface area contributed by atoms with Gasteiger partial charge in [-0.3, -0.25) is 14.4 Å². The standard InChI is InChI=1S/C23H32N6O6S2/c1-37-7-6-16(24)20(31)27-17(8-13-2-4-15(30)5-3-13)21(32)29-19(11-36)22(33)28-18(23(34)35)9-14-10-25-12-26-14/h2-5,10,12,16-19,30,36H,6-9,11,24H2,1H3,(H,25,26)(H,27,31)(H,28,33)(H,29,32)(H,34,35). The van der Waals surface area contributed by atoms with Crippen LogP contribution in [0.3, 0.4) is 0 Å². The maximum Gasteiger partial charge on any atom is 0.326 e. The molecule has 2 rings (SSSR count). The fourth-order valence-electron chi connectivity index (χ4n) is 3.29. The number of carbonyl (C=O) groups excluding carboxylic acids is 3. The largest absolute Gasteiger partial charge is 0.508 e. The molecule has 2 aromatic rings. The molecule has 0 bridgehead atoms. The lowest BCUT2D eigenvalue weighted by Crippen LogP contribution is -2.58. The number of phenolic OH excluding ortho intramolecular Hbond substituents is 1. The van der Waals surface area contributed by atoms with Gasteiger partial charge in [-0.1, -0.05) is 12.1 Å². The number of aliphatic carboxylic acids is 1. The van der Waals surface area contributed by atoms with E-state index in [2.05, 4.69) is 38.5 Å². The van der Waals surface area contributed by atoms with Gasteiger partial charge in [0.1, 0.15) is 23.9 Å². The summed E-state index contributed by atoms with van der Waals surface area (Å²) < 4.78 is 0. The molecule has 0 radical (unpaired) electrons. The predicted octanol–water partition coefficient (Wildman–Crippen LogP) is -0.550. The number of rotatable bonds is 15. The third-order valence-electron chi connectivity index (χ3n) is 5.39. The van der Waals surface area contributed by atoms with Gasteiger partial charge in [0.25, 0.3) is 0 Å². The highest BCUT2D eigenvalue weighted by molar-refractivity contribution is 7.98. The molecule has 0 spiro atoms. The van der Waals surface area contributed by atoms with Crippen LogP contribution in [0.5, 0.6) is 5.75 Å². The molecule has 4 atom stereocenters. The number of amides is 3. The lowest BCUT2D eigenvalue weighted by Gasteiger charge is -2.24. The van der Waals surface area contributed by atoms with E-state index in [4.69, 9.17) is 5.73 Å². The number of aromatic hydroxyl groups is 1. The lowest BCUT2D eigenvalue weighted by molar-refractivity contribution is -0.142. The first-order chi connectivity index (χ1) is 17.6. The van der Waals surface area contributed by atoms with Crippen LogP contribution < -0.4 is 21.7 Å². The number of H-pyrrole nitrogens is 1. The first-order valence-electron chi connectivity index (χ1n) is 11.4. The van der Waals surface area contributed by atoms with Crippen molar-refractivity contribution in [1.82, 2.24) is 25.9 Å². The summed E-state index contributed by atoms with van der Waals surface area (Å²) in [5.41, 5.74) is 7.10. The quantitative estimate of drug-likeness (QED) is 0.134. The lowest BCUT2D eigenvalue weighted by atomic mass is 10.0. The number of aromatic amines is 1. The second-order valence-electron chi connectivity index (χ2n) is 8.24. The van der Waals surface area contributed by atoms with Crippen LogP contribution in [0.1, 0.15) is 17.7 Å². The zero-order valence-electron chi connectivity index (χ0n) is 20.2. The Morgan fingerprint density at radius 2 is 1.65 bits per heavy atom. The van der Waals surface area contributed by atoms with Crippen LogP contribution in [0.4, 0.5) is 0 Å². The number of thiol groups is 1. The van der Waals surface area contributed by atoms with E-state index >= 15 is 0 Å². The van der Waals surface area contributed by atoms with E-state index in [1.807, 2.05) is 6.26 Å². The fourth-order valence-corrected chi connectivity index (χ4v) is 4.03. The maximum atomic E-state index is 13.2. The Labute approximate surface area is 224 Å². The molecule has 0 aliphatic rings. The molecule has 3 amide bonds. The highest BCUT2D eigenvalue weighted by Crippen LogP contribution is 2.12. The highest BCUT2D eigenvalue weighted by Gasteiger charge is 2.30. The van der Waals surface area contributed by atoms with Crippen molar-refractivity contribution in [3.63, 3.8) is 0 Å². The number of carboxylic acids is 1. The molecule has 12 nitrogen and oxygen atoms in total. The molecular formula is C23H32N6O6S2. The Morgan fingerprint density at radius 3 is 2.22 bits per heavy atom. The minimum atomic E-state index is -1.27. The Bertz CT molecular complexity index is 1040. The Balaban J connectivity index is 2.12. The molecule has 0 saturated heterocycles. The Kier molecular flexibility index (Phi) is 12.3. The average molecular weight is 553 g/mol. The first kappa shape index (κ1) is 30.0. The van der Waals surface area contributed by atoms with Crippen LogP contribution in [0, 0.1) is 0 Å². The second-order valence-corrected chi connectivity index (χ2v) is 9.59. The number of carboxylic acid groups (broad SMARTS) is 1. The second kappa shape index (κ2) is 15.1. The van der Waals surface area contributed by atoms with Gasteiger partial charge in [0.05, 0.1) is 12.4 Å². The predicted molar refractivity (Wildman–Crippen MR) is 142 cm³/mol. The van der Waals surface area contributed by atoms with E-state index in [0.29, 0.717) is 23.4 Å². The van der Waals surface area contributed by atoms with Crippen molar-refractivity contribution in [3.05, 3.63) is 48.0 Å². The average Bonchev–Trinajstić information content (AvgIpc) is 3.39. The summed E-state index contributed by atoms with van der Waals surface area (Å²) in [7, 11) is 0. The minimum absolute atomic E-state index is 0.0399. The number of nitrogens with one attached hydrogen (secondary N) is 4. The number of phenols is 1. The van der Waals surface area contributed by atoms with Crippen molar-refractivity contribution in [3.8, 4) is 5.75 Å². The zero-order valence-corrected chi connectivity index (χ0v) is 21.9. The van der Waals surface area contributed by atoms with Crippen LogP contribution >= 0.6 is 24.4 Å². The van der Waals surface area contributed by atoms with E-state index < -0.39 is 47.9 Å². The first-order valence-corrected chi connectivity index (χ1v) is 13.4. The van der Waals surface area contributed by atoms with Crippen molar-refractivity contribution in [2.24, 2.45) is 5.73 Å². The fraction of sp³-hybridized carbons (Fsp3) is 0.435. The maximum absolute atomic E-state index is 13.2. The summed E-state index contributed by atoms with van der Waals surface area (Å²) >= 11 is 5.67. The molecule has 1 aromatic carbocycles. The topological polar surface area (TPSA) is 200 Å². The van der Waals surface area contributed by atoms with Crippen molar-refractivity contribution in [2.45, 2.75) is 43.4 Å². The van der Waals surface area contributed by atoms with Gasteiger partial charge in [0.15, 0.2) is 0 Å². The number of carbonyl (C=O) groups is 4. The molecule has 1 aromatic heterocycles. The third-order valence-corrected chi connectivity index (χ3v) is 6.40. The van der Waals surface area contributed by atoms with Gasteiger partial charge in [-0.2, -0.15) is 24.4 Å². The van der Waals surface area contributed by atoms with E-state index in [0.717, 1.165) is 0 Å². The Morgan fingerprint density at radius 1 is 1.03 bits per heavy atom. The van der Waals surface area contributed by atoms with Gasteiger partial charge in [0, 0.05) is 30.5 Å². The van der Waals surface area contributed by atoms with Crippen molar-refractivity contribution < 1.29 is 29.4 Å². The van der Waals surface area contributed by atoms with Crippen LogP contribution in [-0.2, 0) is 32.0 Å².